The number of nitrogens with zero attached hydrogens (tertiary/aromatic N) is 1. The van der Waals surface area contributed by atoms with Crippen molar-refractivity contribution < 1.29 is 33.6 Å². The Hall–Kier alpha value is -3.18. The number of rotatable bonds is 10. The van der Waals surface area contributed by atoms with Crippen molar-refractivity contribution in [3.63, 3.8) is 0 Å². The number of carbonyl (C=O) groups excluding carboxylic acids is 4. The molecule has 1 aromatic carbocycles. The minimum Gasteiger partial charge on any atom is -0.498 e. The topological polar surface area (TPSA) is 132 Å². The summed E-state index contributed by atoms with van der Waals surface area (Å²) in [6, 6.07) is 13.1. The van der Waals surface area contributed by atoms with E-state index in [-0.39, 0.29) is 18.0 Å². The maximum atomic E-state index is 13.4. The Morgan fingerprint density at radius 2 is 1.62 bits per heavy atom. The van der Waals surface area contributed by atoms with Crippen molar-refractivity contribution >= 4 is 42.5 Å². The summed E-state index contributed by atoms with van der Waals surface area (Å²) in [5, 5.41) is 11.9. The molecule has 39 heavy (non-hydrogen) atoms. The van der Waals surface area contributed by atoms with Gasteiger partial charge in [0.15, 0.2) is 5.78 Å². The van der Waals surface area contributed by atoms with Gasteiger partial charge in [-0.2, -0.15) is 0 Å². The van der Waals surface area contributed by atoms with Gasteiger partial charge in [0.25, 0.3) is 5.91 Å². The Morgan fingerprint density at radius 1 is 1.00 bits per heavy atom. The first kappa shape index (κ1) is 30.4. The van der Waals surface area contributed by atoms with Crippen LogP contribution >= 0.6 is 11.8 Å². The number of carbonyl (C=O) groups is 4. The molecule has 2 aromatic rings. The Labute approximate surface area is 233 Å². The van der Waals surface area contributed by atoms with Crippen molar-refractivity contribution in [2.24, 2.45) is 5.92 Å². The van der Waals surface area contributed by atoms with Crippen LogP contribution in [0.1, 0.15) is 57.9 Å². The molecule has 9 nitrogen and oxygen atoms in total. The van der Waals surface area contributed by atoms with Gasteiger partial charge in [-0.15, -0.1) is 11.8 Å². The SMILES string of the molecule is CC(C)C[C@H](CC(=O)[C@@H](NC(=O)c1cccc(-c2ccccc2)n1)[C@@H](C)O)B1OC(=O)[C@H](C)S[C@@H](C)C(=O)O1. The van der Waals surface area contributed by atoms with Crippen LogP contribution in [-0.2, 0) is 23.7 Å². The Bertz CT molecular complexity index is 1160. The molecule has 0 radical (unpaired) electrons. The van der Waals surface area contributed by atoms with Gasteiger partial charge in [-0.1, -0.05) is 50.2 Å². The van der Waals surface area contributed by atoms with Gasteiger partial charge in [0.2, 0.25) is 0 Å². The van der Waals surface area contributed by atoms with Crippen LogP contribution in [-0.4, -0.2) is 63.5 Å². The highest BCUT2D eigenvalue weighted by Gasteiger charge is 2.44. The van der Waals surface area contributed by atoms with E-state index < -0.39 is 59.2 Å². The zero-order valence-electron chi connectivity index (χ0n) is 22.8. The molecule has 2 N–H and O–H groups in total. The van der Waals surface area contributed by atoms with Crippen LogP contribution in [0.15, 0.2) is 48.5 Å². The van der Waals surface area contributed by atoms with E-state index in [4.69, 9.17) is 9.31 Å². The van der Waals surface area contributed by atoms with Crippen LogP contribution in [0, 0.1) is 5.92 Å². The van der Waals surface area contributed by atoms with Crippen molar-refractivity contribution in [2.45, 2.75) is 75.9 Å². The van der Waals surface area contributed by atoms with Crippen molar-refractivity contribution in [3.05, 3.63) is 54.2 Å². The molecule has 1 aliphatic rings. The largest absolute Gasteiger partial charge is 0.602 e. The number of hydrogen-bond donors (Lipinski definition) is 2. The fourth-order valence-corrected chi connectivity index (χ4v) is 5.30. The lowest BCUT2D eigenvalue weighted by Crippen LogP contribution is -2.49. The lowest BCUT2D eigenvalue weighted by molar-refractivity contribution is -0.141. The quantitative estimate of drug-likeness (QED) is 0.422. The summed E-state index contributed by atoms with van der Waals surface area (Å²) in [6.45, 7) is 8.59. The number of benzene rings is 1. The van der Waals surface area contributed by atoms with Gasteiger partial charge in [0, 0.05) is 17.8 Å². The van der Waals surface area contributed by atoms with Crippen molar-refractivity contribution in [1.29, 1.82) is 0 Å². The molecule has 5 atom stereocenters. The molecule has 0 aliphatic carbocycles. The number of aromatic nitrogens is 1. The zero-order valence-corrected chi connectivity index (χ0v) is 23.6. The number of ketones is 1. The highest BCUT2D eigenvalue weighted by atomic mass is 32.2. The first-order valence-corrected chi connectivity index (χ1v) is 14.0. The average Bonchev–Trinajstić information content (AvgIpc) is 2.90. The van der Waals surface area contributed by atoms with E-state index in [0.29, 0.717) is 12.1 Å². The molecule has 0 unspecified atom stereocenters. The van der Waals surface area contributed by atoms with Crippen LogP contribution < -0.4 is 5.32 Å². The molecule has 0 bridgehead atoms. The summed E-state index contributed by atoms with van der Waals surface area (Å²) in [6.07, 6.45) is -0.988. The maximum absolute atomic E-state index is 13.4. The number of aliphatic hydroxyl groups is 1. The third-order valence-electron chi connectivity index (χ3n) is 6.33. The van der Waals surface area contributed by atoms with Gasteiger partial charge in [-0.3, -0.25) is 19.2 Å². The summed E-state index contributed by atoms with van der Waals surface area (Å²) < 4.78 is 11.0. The number of Topliss-reactive ketones (excluding diaryl/α,β-unsaturated/α-hetero) is 1. The van der Waals surface area contributed by atoms with E-state index in [1.54, 1.807) is 26.0 Å². The van der Waals surface area contributed by atoms with Gasteiger partial charge < -0.3 is 19.7 Å². The number of amides is 1. The molecule has 208 valence electrons. The van der Waals surface area contributed by atoms with E-state index in [0.717, 1.165) is 17.3 Å². The van der Waals surface area contributed by atoms with Gasteiger partial charge in [0.1, 0.15) is 11.7 Å². The number of aliphatic hydroxyl groups excluding tert-OH is 1. The molecule has 0 spiro atoms. The predicted molar refractivity (Wildman–Crippen MR) is 150 cm³/mol. The molecule has 1 amide bonds. The number of pyridine rings is 1. The molecule has 1 aromatic heterocycles. The maximum Gasteiger partial charge on any atom is 0.602 e. The highest BCUT2D eigenvalue weighted by Crippen LogP contribution is 2.31. The second kappa shape index (κ2) is 13.8. The number of thioether (sulfide) groups is 1. The Morgan fingerprint density at radius 3 is 2.18 bits per heavy atom. The fraction of sp³-hybridized carbons (Fsp3) is 0.464. The van der Waals surface area contributed by atoms with E-state index >= 15 is 0 Å². The molecular weight excluding hydrogens is 519 g/mol. The summed E-state index contributed by atoms with van der Waals surface area (Å²) >= 11 is 1.14. The van der Waals surface area contributed by atoms with Crippen LogP contribution in [0.5, 0.6) is 0 Å². The van der Waals surface area contributed by atoms with Crippen LogP contribution in [0.2, 0.25) is 5.82 Å². The fourth-order valence-electron chi connectivity index (χ4n) is 4.35. The van der Waals surface area contributed by atoms with E-state index in [1.165, 1.54) is 13.0 Å². The summed E-state index contributed by atoms with van der Waals surface area (Å²) in [4.78, 5) is 56.0. The van der Waals surface area contributed by atoms with Crippen LogP contribution in [0.25, 0.3) is 11.3 Å². The molecular formula is C28H35BN2O7S. The van der Waals surface area contributed by atoms with Gasteiger partial charge >= 0.3 is 19.1 Å². The average molecular weight is 554 g/mol. The van der Waals surface area contributed by atoms with E-state index in [1.807, 2.05) is 44.2 Å². The van der Waals surface area contributed by atoms with Crippen molar-refractivity contribution in [1.82, 2.24) is 10.3 Å². The van der Waals surface area contributed by atoms with Crippen molar-refractivity contribution in [2.75, 3.05) is 0 Å². The summed E-state index contributed by atoms with van der Waals surface area (Å²) in [5.41, 5.74) is 1.52. The third kappa shape index (κ3) is 8.40. The normalized spacial score (nSPS) is 20.2. The molecule has 1 aliphatic heterocycles. The van der Waals surface area contributed by atoms with E-state index in [2.05, 4.69) is 10.3 Å². The highest BCUT2D eigenvalue weighted by molar-refractivity contribution is 8.01. The monoisotopic (exact) mass is 554 g/mol. The van der Waals surface area contributed by atoms with E-state index in [9.17, 15) is 24.3 Å². The molecule has 0 saturated carbocycles. The summed E-state index contributed by atoms with van der Waals surface area (Å²) in [7, 11) is -1.25. The second-order valence-electron chi connectivity index (χ2n) is 10.2. The molecule has 1 saturated heterocycles. The Balaban J connectivity index is 1.79. The molecule has 11 heteroatoms. The minimum atomic E-state index is -1.25. The summed E-state index contributed by atoms with van der Waals surface area (Å²) in [5.74, 6) is -2.74. The first-order valence-electron chi connectivity index (χ1n) is 13.1. The lowest BCUT2D eigenvalue weighted by atomic mass is 9.64. The zero-order chi connectivity index (χ0) is 28.7. The third-order valence-corrected chi connectivity index (χ3v) is 7.53. The predicted octanol–water partition coefficient (Wildman–Crippen LogP) is 3.70. The second-order valence-corrected chi connectivity index (χ2v) is 11.9. The van der Waals surface area contributed by atoms with Gasteiger partial charge in [0.05, 0.1) is 22.3 Å². The Kier molecular flexibility index (Phi) is 10.7. The lowest BCUT2D eigenvalue weighted by Gasteiger charge is -2.29. The smallest absolute Gasteiger partial charge is 0.498 e. The molecule has 1 fully saturated rings. The number of hydrogen-bond acceptors (Lipinski definition) is 9. The minimum absolute atomic E-state index is 0.0828. The number of nitrogens with one attached hydrogen (secondary N) is 1. The van der Waals surface area contributed by atoms with Crippen LogP contribution in [0.4, 0.5) is 0 Å². The van der Waals surface area contributed by atoms with Crippen LogP contribution in [0.3, 0.4) is 0 Å². The standard InChI is InChI=1S/C28H35BN2O7S/c1-16(2)14-21(29-37-27(35)18(4)39-19(5)28(36)38-29)15-24(33)25(17(3)32)31-26(34)23-13-9-12-22(30-23)20-10-7-6-8-11-20/h6-13,16-19,21,25,32H,14-15H2,1-5H3,(H,31,34)/t17-,18+,19+,21-,25+/m1/s1. The first-order chi connectivity index (χ1) is 18.5. The molecule has 2 heterocycles. The van der Waals surface area contributed by atoms with Crippen molar-refractivity contribution in [3.8, 4) is 11.3 Å². The van der Waals surface area contributed by atoms with Gasteiger partial charge in [-0.05, 0) is 45.2 Å². The van der Waals surface area contributed by atoms with Gasteiger partial charge in [-0.25, -0.2) is 4.98 Å². The molecule has 3 rings (SSSR count).